The van der Waals surface area contributed by atoms with Gasteiger partial charge in [-0.15, -0.1) is 0 Å². The van der Waals surface area contributed by atoms with Crippen molar-refractivity contribution in [3.8, 4) is 0 Å². The van der Waals surface area contributed by atoms with Gasteiger partial charge in [-0.25, -0.2) is 14.8 Å². The number of nitrogens with two attached hydrogens (primary N) is 1. The Morgan fingerprint density at radius 3 is 2.79 bits per heavy atom. The van der Waals surface area contributed by atoms with Crippen LogP contribution >= 0.6 is 11.6 Å². The number of esters is 1. The van der Waals surface area contributed by atoms with E-state index in [1.54, 1.807) is 0 Å². The normalized spacial score (nSPS) is 9.57. The molecular weight excluding hydrogens is 206 g/mol. The summed E-state index contributed by atoms with van der Waals surface area (Å²) in [5.74, 6) is -0.406. The van der Waals surface area contributed by atoms with E-state index < -0.39 is 5.97 Å². The van der Waals surface area contributed by atoms with Crippen molar-refractivity contribution in [1.29, 1.82) is 0 Å². The third kappa shape index (κ3) is 1.82. The highest BCUT2D eigenvalue weighted by Crippen LogP contribution is 2.20. The second-order valence-corrected chi connectivity index (χ2v) is 2.70. The average Bonchev–Trinajstić information content (AvgIpc) is 2.20. The molecule has 0 saturated heterocycles. The van der Waals surface area contributed by atoms with Crippen molar-refractivity contribution in [1.82, 2.24) is 9.97 Å². The quantitative estimate of drug-likeness (QED) is 0.746. The zero-order chi connectivity index (χ0) is 10.7. The Bertz CT molecular complexity index is 392. The molecule has 1 aromatic heterocycles. The van der Waals surface area contributed by atoms with E-state index in [2.05, 4.69) is 21.3 Å². The van der Waals surface area contributed by atoms with Crippen LogP contribution in [0.25, 0.3) is 6.08 Å². The lowest BCUT2D eigenvalue weighted by Crippen LogP contribution is -2.09. The summed E-state index contributed by atoms with van der Waals surface area (Å²) in [6.07, 6.45) is 1.36. The van der Waals surface area contributed by atoms with E-state index in [0.29, 0.717) is 0 Å². The van der Waals surface area contributed by atoms with Crippen LogP contribution in [0.4, 0.5) is 5.82 Å². The summed E-state index contributed by atoms with van der Waals surface area (Å²) in [5.41, 5.74) is 5.39. The highest BCUT2D eigenvalue weighted by atomic mass is 35.5. The van der Waals surface area contributed by atoms with Gasteiger partial charge in [0.25, 0.3) is 0 Å². The number of hydrogen-bond donors (Lipinski definition) is 1. The lowest BCUT2D eigenvalue weighted by atomic mass is 10.3. The van der Waals surface area contributed by atoms with E-state index in [4.69, 9.17) is 17.3 Å². The predicted molar refractivity (Wildman–Crippen MR) is 52.9 cm³/mol. The number of rotatable bonds is 2. The SMILES string of the molecule is C=Cc1nc(N)c(Cl)c(C(=O)OC)n1. The molecule has 2 N–H and O–H groups in total. The van der Waals surface area contributed by atoms with Crippen LogP contribution in [0.2, 0.25) is 5.02 Å². The first kappa shape index (κ1) is 10.5. The lowest BCUT2D eigenvalue weighted by Gasteiger charge is -2.04. The van der Waals surface area contributed by atoms with Gasteiger partial charge in [0.15, 0.2) is 11.5 Å². The molecule has 1 rings (SSSR count). The third-order valence-corrected chi connectivity index (χ3v) is 1.83. The summed E-state index contributed by atoms with van der Waals surface area (Å²) < 4.78 is 4.47. The molecule has 0 atom stereocenters. The minimum Gasteiger partial charge on any atom is -0.464 e. The molecule has 14 heavy (non-hydrogen) atoms. The zero-order valence-electron chi connectivity index (χ0n) is 7.45. The van der Waals surface area contributed by atoms with Gasteiger partial charge in [-0.2, -0.15) is 0 Å². The monoisotopic (exact) mass is 213 g/mol. The minimum atomic E-state index is -0.660. The van der Waals surface area contributed by atoms with Gasteiger partial charge in [0.1, 0.15) is 10.8 Å². The minimum absolute atomic E-state index is 0.0116. The van der Waals surface area contributed by atoms with Crippen molar-refractivity contribution in [2.75, 3.05) is 12.8 Å². The maximum Gasteiger partial charge on any atom is 0.358 e. The van der Waals surface area contributed by atoms with Crippen LogP contribution in [0.5, 0.6) is 0 Å². The molecule has 0 unspecified atom stereocenters. The van der Waals surface area contributed by atoms with Crippen molar-refractivity contribution in [3.63, 3.8) is 0 Å². The van der Waals surface area contributed by atoms with Gasteiger partial charge >= 0.3 is 5.97 Å². The molecule has 5 nitrogen and oxygen atoms in total. The highest BCUT2D eigenvalue weighted by molar-refractivity contribution is 6.35. The van der Waals surface area contributed by atoms with E-state index in [-0.39, 0.29) is 22.4 Å². The number of carbonyl (C=O) groups is 1. The van der Waals surface area contributed by atoms with E-state index in [9.17, 15) is 4.79 Å². The topological polar surface area (TPSA) is 78.1 Å². The molecule has 0 aliphatic carbocycles. The Balaban J connectivity index is 3.33. The molecule has 1 aromatic rings. The maximum absolute atomic E-state index is 11.2. The Kier molecular flexibility index (Phi) is 3.03. The first-order valence-electron chi connectivity index (χ1n) is 3.64. The largest absolute Gasteiger partial charge is 0.464 e. The number of methoxy groups -OCH3 is 1. The van der Waals surface area contributed by atoms with Gasteiger partial charge in [0.05, 0.1) is 7.11 Å². The lowest BCUT2D eigenvalue weighted by molar-refractivity contribution is 0.0594. The van der Waals surface area contributed by atoms with Gasteiger partial charge in [-0.1, -0.05) is 18.2 Å². The molecule has 1 heterocycles. The number of nitrogen functional groups attached to an aromatic ring is 1. The van der Waals surface area contributed by atoms with Crippen molar-refractivity contribution >= 4 is 29.5 Å². The summed E-state index contributed by atoms with van der Waals surface area (Å²) >= 11 is 5.71. The van der Waals surface area contributed by atoms with Crippen molar-refractivity contribution < 1.29 is 9.53 Å². The number of hydrogen-bond acceptors (Lipinski definition) is 5. The van der Waals surface area contributed by atoms with Crippen LogP contribution in [-0.2, 0) is 4.74 Å². The highest BCUT2D eigenvalue weighted by Gasteiger charge is 2.16. The van der Waals surface area contributed by atoms with E-state index in [0.717, 1.165) is 0 Å². The fraction of sp³-hybridized carbons (Fsp3) is 0.125. The van der Waals surface area contributed by atoms with Crippen molar-refractivity contribution in [2.24, 2.45) is 0 Å². The van der Waals surface area contributed by atoms with Crippen LogP contribution in [0, 0.1) is 0 Å². The van der Waals surface area contributed by atoms with Crippen LogP contribution in [0.3, 0.4) is 0 Å². The second kappa shape index (κ2) is 4.06. The molecule has 74 valence electrons. The van der Waals surface area contributed by atoms with Crippen LogP contribution < -0.4 is 5.73 Å². The number of anilines is 1. The van der Waals surface area contributed by atoms with Crippen LogP contribution in [0.1, 0.15) is 16.3 Å². The van der Waals surface area contributed by atoms with E-state index >= 15 is 0 Å². The van der Waals surface area contributed by atoms with E-state index in [1.807, 2.05) is 0 Å². The smallest absolute Gasteiger partial charge is 0.358 e. The fourth-order valence-corrected chi connectivity index (χ4v) is 0.967. The molecule has 0 aliphatic rings. The zero-order valence-corrected chi connectivity index (χ0v) is 8.21. The summed E-state index contributed by atoms with van der Waals surface area (Å²) in [5, 5.41) is -0.0116. The maximum atomic E-state index is 11.2. The Labute approximate surface area is 85.6 Å². The summed E-state index contributed by atoms with van der Waals surface area (Å²) in [7, 11) is 1.23. The van der Waals surface area contributed by atoms with E-state index in [1.165, 1.54) is 13.2 Å². The third-order valence-electron chi connectivity index (χ3n) is 1.46. The Hall–Kier alpha value is -1.62. The second-order valence-electron chi connectivity index (χ2n) is 2.33. The summed E-state index contributed by atoms with van der Waals surface area (Å²) in [4.78, 5) is 18.8. The molecule has 0 bridgehead atoms. The fourth-order valence-electron chi connectivity index (χ4n) is 0.806. The number of carbonyl (C=O) groups excluding carboxylic acids is 1. The van der Waals surface area contributed by atoms with Crippen molar-refractivity contribution in [2.45, 2.75) is 0 Å². The molecule has 0 aliphatic heterocycles. The first-order valence-corrected chi connectivity index (χ1v) is 4.01. The number of ether oxygens (including phenoxy) is 1. The average molecular weight is 214 g/mol. The number of halogens is 1. The summed E-state index contributed by atoms with van der Waals surface area (Å²) in [6, 6.07) is 0. The number of nitrogens with zero attached hydrogens (tertiary/aromatic N) is 2. The molecular formula is C8H8ClN3O2. The van der Waals surface area contributed by atoms with Crippen LogP contribution in [0.15, 0.2) is 6.58 Å². The van der Waals surface area contributed by atoms with Crippen LogP contribution in [-0.4, -0.2) is 23.0 Å². The van der Waals surface area contributed by atoms with Gasteiger partial charge in [-0.3, -0.25) is 0 Å². The van der Waals surface area contributed by atoms with Gasteiger partial charge in [-0.05, 0) is 6.08 Å². The Morgan fingerprint density at radius 1 is 1.64 bits per heavy atom. The van der Waals surface area contributed by atoms with Gasteiger partial charge in [0.2, 0.25) is 0 Å². The molecule has 0 fully saturated rings. The molecule has 6 heteroatoms. The molecule has 0 aromatic carbocycles. The standard InChI is InChI=1S/C8H8ClN3O2/c1-3-4-11-6(8(13)14-2)5(9)7(10)12-4/h3H,1H2,2H3,(H2,10,11,12). The van der Waals surface area contributed by atoms with Gasteiger partial charge < -0.3 is 10.5 Å². The molecule has 0 spiro atoms. The molecule has 0 saturated carbocycles. The molecule has 0 amide bonds. The summed E-state index contributed by atoms with van der Waals surface area (Å²) in [6.45, 7) is 3.45. The first-order chi connectivity index (χ1) is 6.60. The Morgan fingerprint density at radius 2 is 2.29 bits per heavy atom. The molecule has 0 radical (unpaired) electrons. The van der Waals surface area contributed by atoms with Gasteiger partial charge in [0, 0.05) is 0 Å². The van der Waals surface area contributed by atoms with Crippen molar-refractivity contribution in [3.05, 3.63) is 23.1 Å². The number of aromatic nitrogens is 2. The predicted octanol–water partition coefficient (Wildman–Crippen LogP) is 1.14.